The molecular formula is C9H17N3O4S. The third kappa shape index (κ3) is 4.41. The van der Waals surface area contributed by atoms with Crippen LogP contribution in [-0.2, 0) is 19.6 Å². The van der Waals surface area contributed by atoms with Gasteiger partial charge in [0.15, 0.2) is 0 Å². The Bertz CT molecular complexity index is 406. The van der Waals surface area contributed by atoms with E-state index < -0.39 is 16.1 Å². The van der Waals surface area contributed by atoms with E-state index in [1.807, 2.05) is 0 Å². The van der Waals surface area contributed by atoms with E-state index in [4.69, 9.17) is 0 Å². The summed E-state index contributed by atoms with van der Waals surface area (Å²) in [5, 5.41) is 2.93. The molecule has 1 saturated heterocycles. The van der Waals surface area contributed by atoms with Gasteiger partial charge in [0.1, 0.15) is 0 Å². The maximum absolute atomic E-state index is 11.5. The van der Waals surface area contributed by atoms with Crippen molar-refractivity contribution >= 4 is 21.8 Å². The van der Waals surface area contributed by atoms with Gasteiger partial charge in [-0.05, 0) is 13.0 Å². The lowest BCUT2D eigenvalue weighted by molar-refractivity contribution is -0.137. The van der Waals surface area contributed by atoms with Gasteiger partial charge in [-0.25, -0.2) is 13.1 Å². The molecule has 1 atom stereocenters. The van der Waals surface area contributed by atoms with Crippen LogP contribution in [0.4, 0.5) is 0 Å². The molecule has 7 nitrogen and oxygen atoms in total. The zero-order chi connectivity index (χ0) is 13.1. The van der Waals surface area contributed by atoms with Crippen LogP contribution in [0.15, 0.2) is 0 Å². The van der Waals surface area contributed by atoms with E-state index in [0.717, 1.165) is 11.2 Å². The van der Waals surface area contributed by atoms with Crippen molar-refractivity contribution in [1.82, 2.24) is 14.9 Å². The van der Waals surface area contributed by atoms with Crippen molar-refractivity contribution in [3.63, 3.8) is 0 Å². The highest BCUT2D eigenvalue weighted by Crippen LogP contribution is 2.09. The average Bonchev–Trinajstić information content (AvgIpc) is 2.44. The Morgan fingerprint density at radius 2 is 2.00 bits per heavy atom. The number of imide groups is 1. The molecule has 0 aromatic rings. The monoisotopic (exact) mass is 263 g/mol. The number of likely N-dealkylation sites (tertiary alicyclic amines) is 1. The minimum atomic E-state index is -3.16. The van der Waals surface area contributed by atoms with Gasteiger partial charge in [-0.2, -0.15) is 0 Å². The summed E-state index contributed by atoms with van der Waals surface area (Å²) < 4.78 is 23.8. The zero-order valence-electron chi connectivity index (χ0n) is 9.89. The summed E-state index contributed by atoms with van der Waals surface area (Å²) in [4.78, 5) is 23.8. The quantitative estimate of drug-likeness (QED) is 0.439. The number of amides is 2. The van der Waals surface area contributed by atoms with Gasteiger partial charge >= 0.3 is 0 Å². The van der Waals surface area contributed by atoms with E-state index in [2.05, 4.69) is 10.0 Å². The Labute approximate surface area is 101 Å². The van der Waals surface area contributed by atoms with Crippen LogP contribution in [0.25, 0.3) is 0 Å². The van der Waals surface area contributed by atoms with Gasteiger partial charge in [0.25, 0.3) is 0 Å². The summed E-state index contributed by atoms with van der Waals surface area (Å²) in [6.07, 6.45) is 1.83. The second-order valence-electron chi connectivity index (χ2n) is 4.02. The fourth-order valence-electron chi connectivity index (χ4n) is 1.54. The number of sulfonamides is 1. The van der Waals surface area contributed by atoms with Crippen molar-refractivity contribution in [2.45, 2.75) is 18.9 Å². The summed E-state index contributed by atoms with van der Waals surface area (Å²) in [6.45, 7) is 0.802. The maximum atomic E-state index is 11.5. The first-order valence-electron chi connectivity index (χ1n) is 5.29. The van der Waals surface area contributed by atoms with E-state index in [1.165, 1.54) is 7.05 Å². The van der Waals surface area contributed by atoms with Crippen molar-refractivity contribution < 1.29 is 18.0 Å². The standard InChI is InChI=1S/C9H17N3O4S/c1-12-8(13)6-7(9(12)14)10-4-3-5-11-17(2,15)16/h7,10-11H,3-6H2,1-2H3. The smallest absolute Gasteiger partial charge is 0.246 e. The van der Waals surface area contributed by atoms with Crippen LogP contribution in [0, 0.1) is 0 Å². The highest BCUT2D eigenvalue weighted by molar-refractivity contribution is 7.88. The van der Waals surface area contributed by atoms with Crippen LogP contribution in [-0.4, -0.2) is 57.6 Å². The Kier molecular flexibility index (Phi) is 4.61. The van der Waals surface area contributed by atoms with E-state index in [0.29, 0.717) is 19.5 Å². The molecule has 1 aliphatic rings. The number of rotatable bonds is 6. The second-order valence-corrected chi connectivity index (χ2v) is 5.85. The van der Waals surface area contributed by atoms with Crippen LogP contribution in [0.2, 0.25) is 0 Å². The molecule has 17 heavy (non-hydrogen) atoms. The third-order valence-corrected chi connectivity index (χ3v) is 3.22. The van der Waals surface area contributed by atoms with Gasteiger partial charge in [0.2, 0.25) is 21.8 Å². The number of carbonyl (C=O) groups excluding carboxylic acids is 2. The van der Waals surface area contributed by atoms with Gasteiger partial charge < -0.3 is 5.32 Å². The highest BCUT2D eigenvalue weighted by atomic mass is 32.2. The van der Waals surface area contributed by atoms with Gasteiger partial charge in [0.05, 0.1) is 18.7 Å². The van der Waals surface area contributed by atoms with Crippen LogP contribution in [0.5, 0.6) is 0 Å². The Hall–Kier alpha value is -0.990. The third-order valence-electron chi connectivity index (χ3n) is 2.49. The number of nitrogens with zero attached hydrogens (tertiary/aromatic N) is 1. The van der Waals surface area contributed by atoms with Gasteiger partial charge in [-0.3, -0.25) is 14.5 Å². The molecule has 0 aromatic carbocycles. The van der Waals surface area contributed by atoms with E-state index in [1.54, 1.807) is 0 Å². The molecular weight excluding hydrogens is 246 g/mol. The topological polar surface area (TPSA) is 95.6 Å². The van der Waals surface area contributed by atoms with Crippen LogP contribution < -0.4 is 10.0 Å². The van der Waals surface area contributed by atoms with E-state index in [9.17, 15) is 18.0 Å². The molecule has 2 amide bonds. The normalized spacial score (nSPS) is 21.3. The van der Waals surface area contributed by atoms with Gasteiger partial charge in [-0.1, -0.05) is 0 Å². The number of carbonyl (C=O) groups is 2. The number of hydrogen-bond acceptors (Lipinski definition) is 5. The number of nitrogens with one attached hydrogen (secondary N) is 2. The molecule has 0 aromatic heterocycles. The molecule has 8 heteroatoms. The van der Waals surface area contributed by atoms with Crippen LogP contribution in [0.1, 0.15) is 12.8 Å². The minimum Gasteiger partial charge on any atom is -0.305 e. The molecule has 98 valence electrons. The van der Waals surface area contributed by atoms with Crippen LogP contribution >= 0.6 is 0 Å². The number of hydrogen-bond donors (Lipinski definition) is 2. The van der Waals surface area contributed by atoms with E-state index in [-0.39, 0.29) is 18.2 Å². The zero-order valence-corrected chi connectivity index (χ0v) is 10.7. The summed E-state index contributed by atoms with van der Waals surface area (Å²) in [6, 6.07) is -0.467. The molecule has 1 unspecified atom stereocenters. The first kappa shape index (κ1) is 14.1. The lowest BCUT2D eigenvalue weighted by Gasteiger charge is -2.10. The lowest BCUT2D eigenvalue weighted by Crippen LogP contribution is -2.38. The predicted molar refractivity (Wildman–Crippen MR) is 61.6 cm³/mol. The molecule has 0 spiro atoms. The van der Waals surface area contributed by atoms with Crippen molar-refractivity contribution in [1.29, 1.82) is 0 Å². The van der Waals surface area contributed by atoms with Crippen LogP contribution in [0.3, 0.4) is 0 Å². The lowest BCUT2D eigenvalue weighted by atomic mass is 10.2. The Morgan fingerprint density at radius 3 is 2.47 bits per heavy atom. The predicted octanol–water partition coefficient (Wildman–Crippen LogP) is -1.73. The number of likely N-dealkylation sites (N-methyl/N-ethyl adjacent to an activating group) is 1. The minimum absolute atomic E-state index is 0.175. The van der Waals surface area contributed by atoms with E-state index >= 15 is 0 Å². The summed E-state index contributed by atoms with van der Waals surface area (Å²) in [5.41, 5.74) is 0. The van der Waals surface area contributed by atoms with Gasteiger partial charge in [0, 0.05) is 13.6 Å². The second kappa shape index (κ2) is 5.56. The summed E-state index contributed by atoms with van der Waals surface area (Å²) in [5.74, 6) is -0.423. The SMILES string of the molecule is CN1C(=O)CC(NCCCNS(C)(=O)=O)C1=O. The molecule has 0 aliphatic carbocycles. The highest BCUT2D eigenvalue weighted by Gasteiger charge is 2.35. The molecule has 0 radical (unpaired) electrons. The Morgan fingerprint density at radius 1 is 1.35 bits per heavy atom. The molecule has 1 heterocycles. The first-order valence-corrected chi connectivity index (χ1v) is 7.19. The maximum Gasteiger partial charge on any atom is 0.246 e. The molecule has 1 aliphatic heterocycles. The summed E-state index contributed by atoms with van der Waals surface area (Å²) in [7, 11) is -1.70. The van der Waals surface area contributed by atoms with Crippen molar-refractivity contribution in [2.24, 2.45) is 0 Å². The summed E-state index contributed by atoms with van der Waals surface area (Å²) >= 11 is 0. The Balaban J connectivity index is 2.20. The molecule has 0 saturated carbocycles. The van der Waals surface area contributed by atoms with Gasteiger partial charge in [-0.15, -0.1) is 0 Å². The van der Waals surface area contributed by atoms with Crippen molar-refractivity contribution in [3.05, 3.63) is 0 Å². The molecule has 2 N–H and O–H groups in total. The largest absolute Gasteiger partial charge is 0.305 e. The molecule has 0 bridgehead atoms. The van der Waals surface area contributed by atoms with Crippen molar-refractivity contribution in [2.75, 3.05) is 26.4 Å². The molecule has 1 fully saturated rings. The average molecular weight is 263 g/mol. The first-order chi connectivity index (χ1) is 7.81. The fraction of sp³-hybridized carbons (Fsp3) is 0.778. The van der Waals surface area contributed by atoms with Crippen molar-refractivity contribution in [3.8, 4) is 0 Å². The fourth-order valence-corrected chi connectivity index (χ4v) is 2.05. The molecule has 1 rings (SSSR count).